The zero-order valence-corrected chi connectivity index (χ0v) is 17.3. The van der Waals surface area contributed by atoms with E-state index in [1.807, 2.05) is 48.5 Å². The van der Waals surface area contributed by atoms with Crippen molar-refractivity contribution >= 4 is 0 Å². The number of hydrogen-bond acceptors (Lipinski definition) is 8. The number of hydrogen-bond donors (Lipinski definition) is 0. The van der Waals surface area contributed by atoms with Gasteiger partial charge in [-0.25, -0.2) is 4.68 Å². The maximum atomic E-state index is 5.54. The highest BCUT2D eigenvalue weighted by molar-refractivity contribution is 5.76. The normalized spacial score (nSPS) is 10.8. The van der Waals surface area contributed by atoms with Gasteiger partial charge in [-0.05, 0) is 42.5 Å². The van der Waals surface area contributed by atoms with Gasteiger partial charge in [-0.1, -0.05) is 28.6 Å². The molecule has 5 aromatic rings. The van der Waals surface area contributed by atoms with Gasteiger partial charge in [0.1, 0.15) is 5.69 Å². The third-order valence-electron chi connectivity index (χ3n) is 4.89. The molecule has 3 aromatic heterocycles. The third kappa shape index (κ3) is 3.45. The first-order valence-electron chi connectivity index (χ1n) is 9.76. The van der Waals surface area contributed by atoms with E-state index in [4.69, 9.17) is 14.0 Å². The van der Waals surface area contributed by atoms with Crippen LogP contribution in [0.25, 0.3) is 39.9 Å². The van der Waals surface area contributed by atoms with Crippen LogP contribution in [0.3, 0.4) is 0 Å². The maximum Gasteiger partial charge on any atom is 0.258 e. The quantitative estimate of drug-likeness (QED) is 0.401. The molecular formula is C23H18N6O3. The number of methoxy groups -OCH3 is 2. The Hall–Kier alpha value is -4.53. The van der Waals surface area contributed by atoms with Crippen LogP contribution in [0.5, 0.6) is 11.5 Å². The van der Waals surface area contributed by atoms with Crippen molar-refractivity contribution in [3.05, 3.63) is 73.1 Å². The van der Waals surface area contributed by atoms with Crippen molar-refractivity contribution in [3.8, 4) is 51.4 Å². The van der Waals surface area contributed by atoms with Crippen molar-refractivity contribution in [1.29, 1.82) is 0 Å². The molecule has 0 bridgehead atoms. The topological polar surface area (TPSA) is 101 Å². The Bertz CT molecular complexity index is 1350. The Morgan fingerprint density at radius 1 is 0.844 bits per heavy atom. The molecule has 32 heavy (non-hydrogen) atoms. The monoisotopic (exact) mass is 426 g/mol. The number of para-hydroxylation sites is 1. The van der Waals surface area contributed by atoms with Gasteiger partial charge in [0, 0.05) is 23.5 Å². The summed E-state index contributed by atoms with van der Waals surface area (Å²) in [7, 11) is 3.16. The molecular weight excluding hydrogens is 408 g/mol. The van der Waals surface area contributed by atoms with E-state index >= 15 is 0 Å². The Balaban J connectivity index is 1.61. The average Bonchev–Trinajstić information content (AvgIpc) is 3.52. The maximum absolute atomic E-state index is 5.54. The molecule has 0 atom stereocenters. The molecule has 5 rings (SSSR count). The summed E-state index contributed by atoms with van der Waals surface area (Å²) >= 11 is 0. The molecule has 0 N–H and O–H groups in total. The number of ether oxygens (including phenoxy) is 2. The Kier molecular flexibility index (Phi) is 5.04. The van der Waals surface area contributed by atoms with E-state index < -0.39 is 0 Å². The molecule has 2 aromatic carbocycles. The fourth-order valence-electron chi connectivity index (χ4n) is 3.36. The van der Waals surface area contributed by atoms with Crippen molar-refractivity contribution in [1.82, 2.24) is 30.1 Å². The van der Waals surface area contributed by atoms with E-state index in [0.717, 1.165) is 16.9 Å². The zero-order valence-electron chi connectivity index (χ0n) is 17.3. The van der Waals surface area contributed by atoms with E-state index in [9.17, 15) is 0 Å². The summed E-state index contributed by atoms with van der Waals surface area (Å²) < 4.78 is 18.0. The molecule has 0 radical (unpaired) electrons. The minimum Gasteiger partial charge on any atom is -0.493 e. The van der Waals surface area contributed by atoms with Crippen LogP contribution in [0, 0.1) is 0 Å². The van der Waals surface area contributed by atoms with Gasteiger partial charge in [0.05, 0.1) is 19.9 Å². The van der Waals surface area contributed by atoms with Crippen LogP contribution in [0.1, 0.15) is 0 Å². The van der Waals surface area contributed by atoms with Crippen molar-refractivity contribution in [3.63, 3.8) is 0 Å². The van der Waals surface area contributed by atoms with Gasteiger partial charge in [0.15, 0.2) is 17.2 Å². The minimum atomic E-state index is 0.323. The van der Waals surface area contributed by atoms with Gasteiger partial charge < -0.3 is 14.0 Å². The lowest BCUT2D eigenvalue weighted by atomic mass is 10.1. The molecule has 0 spiro atoms. The molecule has 0 aliphatic carbocycles. The summed E-state index contributed by atoms with van der Waals surface area (Å²) in [6.07, 6.45) is 3.43. The average molecular weight is 426 g/mol. The highest BCUT2D eigenvalue weighted by Gasteiger charge is 2.23. The molecule has 3 heterocycles. The highest BCUT2D eigenvalue weighted by Crippen LogP contribution is 2.34. The van der Waals surface area contributed by atoms with Gasteiger partial charge >= 0.3 is 0 Å². The Morgan fingerprint density at radius 2 is 1.62 bits per heavy atom. The summed E-state index contributed by atoms with van der Waals surface area (Å²) in [5.41, 5.74) is 3.67. The van der Waals surface area contributed by atoms with E-state index in [-0.39, 0.29) is 0 Å². The van der Waals surface area contributed by atoms with Gasteiger partial charge in [0.25, 0.3) is 5.89 Å². The standard InChI is InChI=1S/C23H18N6O3/c1-30-18-9-8-16(14-19(18)31-2)23-25-22(27-32-23)20-21(15-10-12-24-13-11-15)29(28-26-20)17-6-4-3-5-7-17/h3-14H,1-2H3. The predicted octanol–water partition coefficient (Wildman–Crippen LogP) is 4.06. The van der Waals surface area contributed by atoms with Crippen molar-refractivity contribution in [2.45, 2.75) is 0 Å². The summed E-state index contributed by atoms with van der Waals surface area (Å²) in [6.45, 7) is 0. The van der Waals surface area contributed by atoms with Gasteiger partial charge in [0.2, 0.25) is 5.82 Å². The van der Waals surface area contributed by atoms with Crippen molar-refractivity contribution < 1.29 is 14.0 Å². The van der Waals surface area contributed by atoms with Crippen LogP contribution in [-0.2, 0) is 0 Å². The van der Waals surface area contributed by atoms with Crippen LogP contribution < -0.4 is 9.47 Å². The van der Waals surface area contributed by atoms with Crippen LogP contribution >= 0.6 is 0 Å². The molecule has 0 amide bonds. The second kappa shape index (κ2) is 8.31. The van der Waals surface area contributed by atoms with Crippen LogP contribution in [-0.4, -0.2) is 44.3 Å². The number of benzene rings is 2. The summed E-state index contributed by atoms with van der Waals surface area (Å²) in [5, 5.41) is 12.9. The van der Waals surface area contributed by atoms with Crippen LogP contribution in [0.2, 0.25) is 0 Å². The molecule has 0 unspecified atom stereocenters. The minimum absolute atomic E-state index is 0.323. The lowest BCUT2D eigenvalue weighted by Gasteiger charge is -2.07. The summed E-state index contributed by atoms with van der Waals surface area (Å²) in [6, 6.07) is 18.9. The van der Waals surface area contributed by atoms with E-state index in [0.29, 0.717) is 34.5 Å². The lowest BCUT2D eigenvalue weighted by molar-refractivity contribution is 0.355. The predicted molar refractivity (Wildman–Crippen MR) is 116 cm³/mol. The van der Waals surface area contributed by atoms with Crippen LogP contribution in [0.15, 0.2) is 77.6 Å². The number of nitrogens with zero attached hydrogens (tertiary/aromatic N) is 6. The molecule has 0 aliphatic rings. The second-order valence-electron chi connectivity index (χ2n) is 6.76. The van der Waals surface area contributed by atoms with E-state index in [1.54, 1.807) is 43.4 Å². The zero-order chi connectivity index (χ0) is 21.9. The van der Waals surface area contributed by atoms with Crippen molar-refractivity contribution in [2.24, 2.45) is 0 Å². The molecule has 0 aliphatic heterocycles. The smallest absolute Gasteiger partial charge is 0.258 e. The van der Waals surface area contributed by atoms with Crippen molar-refractivity contribution in [2.75, 3.05) is 14.2 Å². The number of pyridine rings is 1. The largest absolute Gasteiger partial charge is 0.493 e. The first-order valence-corrected chi connectivity index (χ1v) is 9.76. The molecule has 0 saturated heterocycles. The SMILES string of the molecule is COc1ccc(-c2nc(-c3nnn(-c4ccccc4)c3-c3ccncc3)no2)cc1OC. The highest BCUT2D eigenvalue weighted by atomic mass is 16.5. The van der Waals surface area contributed by atoms with Gasteiger partial charge in [-0.2, -0.15) is 4.98 Å². The lowest BCUT2D eigenvalue weighted by Crippen LogP contribution is -1.99. The fraction of sp³-hybridized carbons (Fsp3) is 0.0870. The number of rotatable bonds is 6. The van der Waals surface area contributed by atoms with Gasteiger partial charge in [-0.15, -0.1) is 5.10 Å². The van der Waals surface area contributed by atoms with E-state index in [2.05, 4.69) is 25.4 Å². The number of aromatic nitrogens is 6. The molecule has 158 valence electrons. The molecule has 9 heteroatoms. The van der Waals surface area contributed by atoms with Gasteiger partial charge in [-0.3, -0.25) is 4.98 Å². The Labute approximate surface area is 183 Å². The first-order chi connectivity index (χ1) is 15.8. The molecule has 0 fully saturated rings. The fourth-order valence-corrected chi connectivity index (χ4v) is 3.36. The third-order valence-corrected chi connectivity index (χ3v) is 4.89. The van der Waals surface area contributed by atoms with Crippen LogP contribution in [0.4, 0.5) is 0 Å². The Morgan fingerprint density at radius 3 is 2.38 bits per heavy atom. The molecule has 0 saturated carbocycles. The first kappa shape index (κ1) is 19.4. The van der Waals surface area contributed by atoms with E-state index in [1.165, 1.54) is 0 Å². The molecule has 9 nitrogen and oxygen atoms in total. The summed E-state index contributed by atoms with van der Waals surface area (Å²) in [4.78, 5) is 8.68. The second-order valence-corrected chi connectivity index (χ2v) is 6.76. The summed E-state index contributed by atoms with van der Waals surface area (Å²) in [5.74, 6) is 1.83.